The molecule has 1 heterocycles. The van der Waals surface area contributed by atoms with Crippen molar-refractivity contribution in [2.75, 3.05) is 13.2 Å². The highest BCUT2D eigenvalue weighted by Crippen LogP contribution is 2.17. The second-order valence-corrected chi connectivity index (χ2v) is 4.00. The molecule has 0 saturated carbocycles. The Hall–Kier alpha value is -1.08. The van der Waals surface area contributed by atoms with Crippen molar-refractivity contribution in [1.82, 2.24) is 10.1 Å². The monoisotopic (exact) mass is 249 g/mol. The fourth-order valence-electron chi connectivity index (χ4n) is 1.08. The van der Waals surface area contributed by atoms with Crippen molar-refractivity contribution in [3.63, 3.8) is 0 Å². The molecule has 1 unspecified atom stereocenters. The van der Waals surface area contributed by atoms with E-state index in [9.17, 15) is 8.78 Å². The van der Waals surface area contributed by atoms with Gasteiger partial charge in [-0.15, -0.1) is 0 Å². The molecule has 0 radical (unpaired) electrons. The van der Waals surface area contributed by atoms with Gasteiger partial charge in [-0.25, -0.2) is 8.78 Å². The van der Waals surface area contributed by atoms with E-state index in [-0.39, 0.29) is 6.61 Å². The number of alkyl halides is 2. The molecule has 0 saturated heterocycles. The van der Waals surface area contributed by atoms with Crippen LogP contribution in [0.4, 0.5) is 8.78 Å². The number of ether oxygens (including phenoxy) is 1. The minimum absolute atomic E-state index is 0.124. The molecule has 1 rings (SSSR count). The van der Waals surface area contributed by atoms with Gasteiger partial charge in [-0.2, -0.15) is 4.98 Å². The Labute approximate surface area is 98.3 Å². The second kappa shape index (κ2) is 6.02. The first kappa shape index (κ1) is 14.0. The van der Waals surface area contributed by atoms with Crippen LogP contribution in [0.2, 0.25) is 0 Å². The first-order valence-corrected chi connectivity index (χ1v) is 5.43. The van der Waals surface area contributed by atoms with Crippen molar-refractivity contribution in [2.24, 2.45) is 5.73 Å². The van der Waals surface area contributed by atoms with Gasteiger partial charge >= 0.3 is 0 Å². The Morgan fingerprint density at radius 3 is 2.82 bits per heavy atom. The Morgan fingerprint density at radius 2 is 2.24 bits per heavy atom. The zero-order chi connectivity index (χ0) is 12.9. The van der Waals surface area contributed by atoms with Gasteiger partial charge in [0.15, 0.2) is 5.82 Å². The normalized spacial score (nSPS) is 15.2. The van der Waals surface area contributed by atoms with Crippen LogP contribution >= 0.6 is 0 Å². The lowest BCUT2D eigenvalue weighted by atomic mass is 10.0. The van der Waals surface area contributed by atoms with E-state index in [0.29, 0.717) is 24.6 Å². The summed E-state index contributed by atoms with van der Waals surface area (Å²) in [5.74, 6) is 0.767. The Bertz CT molecular complexity index is 342. The summed E-state index contributed by atoms with van der Waals surface area (Å²) < 4.78 is 33.2. The van der Waals surface area contributed by atoms with Crippen LogP contribution < -0.4 is 5.73 Å². The summed E-state index contributed by atoms with van der Waals surface area (Å²) >= 11 is 0. The van der Waals surface area contributed by atoms with Crippen LogP contribution in [0.5, 0.6) is 0 Å². The number of rotatable bonds is 7. The molecule has 2 N–H and O–H groups in total. The molecule has 1 aromatic rings. The lowest BCUT2D eigenvalue weighted by Crippen LogP contribution is -2.33. The second-order valence-electron chi connectivity index (χ2n) is 4.00. The summed E-state index contributed by atoms with van der Waals surface area (Å²) in [6, 6.07) is 0. The topological polar surface area (TPSA) is 74.2 Å². The summed E-state index contributed by atoms with van der Waals surface area (Å²) in [4.78, 5) is 4.10. The maximum atomic E-state index is 11.8. The molecule has 0 aliphatic rings. The van der Waals surface area contributed by atoms with Gasteiger partial charge in [0.25, 0.3) is 6.43 Å². The molecule has 0 aliphatic heterocycles. The summed E-state index contributed by atoms with van der Waals surface area (Å²) in [7, 11) is 0. The number of halogens is 2. The average Bonchev–Trinajstić information content (AvgIpc) is 2.73. The van der Waals surface area contributed by atoms with Crippen molar-refractivity contribution in [1.29, 1.82) is 0 Å². The van der Waals surface area contributed by atoms with E-state index in [4.69, 9.17) is 15.0 Å². The third-order valence-corrected chi connectivity index (χ3v) is 2.42. The fourth-order valence-corrected chi connectivity index (χ4v) is 1.08. The van der Waals surface area contributed by atoms with Gasteiger partial charge in [0.05, 0.1) is 18.6 Å². The van der Waals surface area contributed by atoms with E-state index in [0.717, 1.165) is 0 Å². The van der Waals surface area contributed by atoms with Gasteiger partial charge in [0.2, 0.25) is 5.89 Å². The average molecular weight is 249 g/mol. The standard InChI is InChI=1S/C10H17F2N3O2/c1-3-10(2,13)9-14-8(17-15-9)4-5-16-6-7(11)12/h7H,3-6,13H2,1-2H3. The van der Waals surface area contributed by atoms with Gasteiger partial charge in [-0.05, 0) is 13.3 Å². The van der Waals surface area contributed by atoms with Crippen molar-refractivity contribution >= 4 is 0 Å². The first-order chi connectivity index (χ1) is 7.95. The molecule has 0 fully saturated rings. The molecule has 1 aromatic heterocycles. The van der Waals surface area contributed by atoms with E-state index < -0.39 is 18.6 Å². The highest BCUT2D eigenvalue weighted by Gasteiger charge is 2.25. The summed E-state index contributed by atoms with van der Waals surface area (Å²) in [5, 5.41) is 3.76. The highest BCUT2D eigenvalue weighted by atomic mass is 19.3. The minimum atomic E-state index is -2.46. The van der Waals surface area contributed by atoms with Gasteiger partial charge < -0.3 is 15.0 Å². The maximum Gasteiger partial charge on any atom is 0.261 e. The molecule has 7 heteroatoms. The summed E-state index contributed by atoms with van der Waals surface area (Å²) in [6.45, 7) is 3.26. The van der Waals surface area contributed by atoms with Crippen LogP contribution in [0, 0.1) is 0 Å². The van der Waals surface area contributed by atoms with Crippen molar-refractivity contribution < 1.29 is 18.0 Å². The van der Waals surface area contributed by atoms with Crippen LogP contribution in [-0.4, -0.2) is 29.8 Å². The third-order valence-electron chi connectivity index (χ3n) is 2.42. The van der Waals surface area contributed by atoms with Crippen molar-refractivity contribution in [3.8, 4) is 0 Å². The smallest absolute Gasteiger partial charge is 0.261 e. The van der Waals surface area contributed by atoms with Crippen LogP contribution in [0.1, 0.15) is 32.0 Å². The largest absolute Gasteiger partial charge is 0.375 e. The molecule has 98 valence electrons. The molecule has 17 heavy (non-hydrogen) atoms. The molecule has 0 aliphatic carbocycles. The van der Waals surface area contributed by atoms with Crippen LogP contribution in [0.15, 0.2) is 4.52 Å². The van der Waals surface area contributed by atoms with Crippen LogP contribution in [0.25, 0.3) is 0 Å². The van der Waals surface area contributed by atoms with E-state index in [1.165, 1.54) is 0 Å². The van der Waals surface area contributed by atoms with Crippen LogP contribution in [-0.2, 0) is 16.7 Å². The third kappa shape index (κ3) is 4.35. The molecule has 5 nitrogen and oxygen atoms in total. The number of hydrogen-bond acceptors (Lipinski definition) is 5. The molecule has 0 spiro atoms. The Kier molecular flexibility index (Phi) is 4.95. The summed E-state index contributed by atoms with van der Waals surface area (Å²) in [6.07, 6.45) is -1.48. The lowest BCUT2D eigenvalue weighted by Gasteiger charge is -2.16. The predicted octanol–water partition coefficient (Wildman–Crippen LogP) is 1.48. The van der Waals surface area contributed by atoms with E-state index in [1.54, 1.807) is 6.92 Å². The van der Waals surface area contributed by atoms with Gasteiger partial charge in [0, 0.05) is 0 Å². The van der Waals surface area contributed by atoms with E-state index >= 15 is 0 Å². The zero-order valence-electron chi connectivity index (χ0n) is 9.95. The molecule has 0 amide bonds. The highest BCUT2D eigenvalue weighted by molar-refractivity contribution is 5.00. The van der Waals surface area contributed by atoms with Gasteiger partial charge in [0.1, 0.15) is 6.61 Å². The number of hydrogen-bond donors (Lipinski definition) is 1. The lowest BCUT2D eigenvalue weighted by molar-refractivity contribution is 0.0171. The maximum absolute atomic E-state index is 11.8. The number of aromatic nitrogens is 2. The molecule has 1 atom stereocenters. The predicted molar refractivity (Wildman–Crippen MR) is 56.7 cm³/mol. The minimum Gasteiger partial charge on any atom is -0.375 e. The van der Waals surface area contributed by atoms with Crippen molar-refractivity contribution in [2.45, 2.75) is 38.7 Å². The number of nitrogens with zero attached hydrogens (tertiary/aromatic N) is 2. The van der Waals surface area contributed by atoms with E-state index in [2.05, 4.69) is 10.1 Å². The summed E-state index contributed by atoms with van der Waals surface area (Å²) in [5.41, 5.74) is 5.30. The zero-order valence-corrected chi connectivity index (χ0v) is 9.95. The quantitative estimate of drug-likeness (QED) is 0.741. The Morgan fingerprint density at radius 1 is 1.53 bits per heavy atom. The number of nitrogens with two attached hydrogens (primary N) is 1. The SMILES string of the molecule is CCC(C)(N)c1noc(CCOCC(F)F)n1. The van der Waals surface area contributed by atoms with Gasteiger partial charge in [-0.3, -0.25) is 0 Å². The fraction of sp³-hybridized carbons (Fsp3) is 0.800. The van der Waals surface area contributed by atoms with Crippen LogP contribution in [0.3, 0.4) is 0 Å². The molecular weight excluding hydrogens is 232 g/mol. The molecule has 0 bridgehead atoms. The molecule has 0 aromatic carbocycles. The van der Waals surface area contributed by atoms with Gasteiger partial charge in [-0.1, -0.05) is 12.1 Å². The Balaban J connectivity index is 2.41. The van der Waals surface area contributed by atoms with E-state index in [1.807, 2.05) is 6.92 Å². The van der Waals surface area contributed by atoms with Crippen molar-refractivity contribution in [3.05, 3.63) is 11.7 Å². The first-order valence-electron chi connectivity index (χ1n) is 5.43. The molecular formula is C10H17F2N3O2.